The van der Waals surface area contributed by atoms with Crippen molar-refractivity contribution in [2.75, 3.05) is 5.32 Å². The number of aromatic nitrogens is 5. The van der Waals surface area contributed by atoms with Gasteiger partial charge in [0.1, 0.15) is 12.1 Å². The first-order valence-corrected chi connectivity index (χ1v) is 7.80. The van der Waals surface area contributed by atoms with Crippen LogP contribution < -0.4 is 5.32 Å². The lowest BCUT2D eigenvalue weighted by Crippen LogP contribution is -2.24. The van der Waals surface area contributed by atoms with Crippen LogP contribution in [0.1, 0.15) is 29.6 Å². The SMILES string of the molecule is Cc1cc(C)c2c(NC(C)Cn3nc(C)cc3C)ncnc2n1. The smallest absolute Gasteiger partial charge is 0.165 e. The summed E-state index contributed by atoms with van der Waals surface area (Å²) in [5.41, 5.74) is 5.04. The first kappa shape index (κ1) is 15.4. The third-order valence-corrected chi connectivity index (χ3v) is 3.86. The summed E-state index contributed by atoms with van der Waals surface area (Å²) in [5.74, 6) is 0.828. The maximum atomic E-state index is 4.51. The molecule has 6 heteroatoms. The van der Waals surface area contributed by atoms with Gasteiger partial charge in [0.2, 0.25) is 0 Å². The minimum absolute atomic E-state index is 0.187. The summed E-state index contributed by atoms with van der Waals surface area (Å²) in [6.45, 7) is 11.0. The Morgan fingerprint density at radius 2 is 1.87 bits per heavy atom. The number of nitrogens with one attached hydrogen (secondary N) is 1. The third-order valence-electron chi connectivity index (χ3n) is 3.86. The van der Waals surface area contributed by atoms with E-state index in [1.54, 1.807) is 6.33 Å². The second kappa shape index (κ2) is 5.95. The Kier molecular flexibility index (Phi) is 3.98. The molecule has 0 aliphatic heterocycles. The van der Waals surface area contributed by atoms with E-state index >= 15 is 0 Å². The lowest BCUT2D eigenvalue weighted by Gasteiger charge is -2.17. The summed E-state index contributed by atoms with van der Waals surface area (Å²) in [4.78, 5) is 13.2. The topological polar surface area (TPSA) is 68.5 Å². The average molecular weight is 310 g/mol. The molecule has 1 N–H and O–H groups in total. The number of nitrogens with zero attached hydrogens (tertiary/aromatic N) is 5. The number of pyridine rings is 1. The first-order valence-electron chi connectivity index (χ1n) is 7.80. The number of hydrogen-bond donors (Lipinski definition) is 1. The Morgan fingerprint density at radius 3 is 2.57 bits per heavy atom. The molecule has 0 aliphatic carbocycles. The van der Waals surface area contributed by atoms with Crippen LogP contribution in [0.2, 0.25) is 0 Å². The fourth-order valence-electron chi connectivity index (χ4n) is 2.92. The fourth-order valence-corrected chi connectivity index (χ4v) is 2.92. The molecular formula is C17H22N6. The van der Waals surface area contributed by atoms with Crippen molar-refractivity contribution in [3.05, 3.63) is 41.1 Å². The van der Waals surface area contributed by atoms with Crippen molar-refractivity contribution < 1.29 is 0 Å². The van der Waals surface area contributed by atoms with Crippen LogP contribution in [0.5, 0.6) is 0 Å². The molecule has 23 heavy (non-hydrogen) atoms. The quantitative estimate of drug-likeness (QED) is 0.802. The number of hydrogen-bond acceptors (Lipinski definition) is 5. The lowest BCUT2D eigenvalue weighted by molar-refractivity contribution is 0.545. The van der Waals surface area contributed by atoms with Crippen LogP contribution in [0.4, 0.5) is 5.82 Å². The molecule has 0 bridgehead atoms. The molecule has 3 aromatic heterocycles. The zero-order valence-corrected chi connectivity index (χ0v) is 14.3. The summed E-state index contributed by atoms with van der Waals surface area (Å²) in [6, 6.07) is 4.33. The van der Waals surface area contributed by atoms with E-state index in [1.807, 2.05) is 18.5 Å². The van der Waals surface area contributed by atoms with Crippen LogP contribution in [-0.4, -0.2) is 30.8 Å². The van der Waals surface area contributed by atoms with Gasteiger partial charge >= 0.3 is 0 Å². The van der Waals surface area contributed by atoms with Gasteiger partial charge in [0.25, 0.3) is 0 Å². The predicted molar refractivity (Wildman–Crippen MR) is 91.6 cm³/mol. The fraction of sp³-hybridized carbons (Fsp3) is 0.412. The molecule has 0 aromatic carbocycles. The van der Waals surface area contributed by atoms with Gasteiger partial charge in [-0.15, -0.1) is 0 Å². The maximum Gasteiger partial charge on any atom is 0.165 e. The zero-order chi connectivity index (χ0) is 16.6. The van der Waals surface area contributed by atoms with Crippen molar-refractivity contribution in [1.29, 1.82) is 0 Å². The third kappa shape index (κ3) is 3.16. The van der Waals surface area contributed by atoms with Gasteiger partial charge in [-0.2, -0.15) is 5.10 Å². The van der Waals surface area contributed by atoms with Gasteiger partial charge in [0.15, 0.2) is 5.65 Å². The lowest BCUT2D eigenvalue weighted by atomic mass is 10.1. The van der Waals surface area contributed by atoms with Gasteiger partial charge in [0, 0.05) is 17.4 Å². The highest BCUT2D eigenvalue weighted by atomic mass is 15.3. The van der Waals surface area contributed by atoms with E-state index in [1.165, 1.54) is 0 Å². The van der Waals surface area contributed by atoms with Gasteiger partial charge in [0.05, 0.1) is 17.6 Å². The monoisotopic (exact) mass is 310 g/mol. The summed E-state index contributed by atoms with van der Waals surface area (Å²) in [5, 5.41) is 8.98. The molecule has 0 radical (unpaired) electrons. The summed E-state index contributed by atoms with van der Waals surface area (Å²) in [6.07, 6.45) is 1.56. The standard InChI is InChI=1S/C17H22N6/c1-10-6-11(2)20-16-15(10)17(19-9-18-16)21-13(4)8-23-14(5)7-12(3)22-23/h6-7,9,13H,8H2,1-5H3,(H,18,19,20,21). The Morgan fingerprint density at radius 1 is 1.09 bits per heavy atom. The molecule has 0 saturated heterocycles. The molecule has 0 amide bonds. The molecular weight excluding hydrogens is 288 g/mol. The van der Waals surface area contributed by atoms with Crippen molar-refractivity contribution in [2.24, 2.45) is 0 Å². The minimum Gasteiger partial charge on any atom is -0.365 e. The zero-order valence-electron chi connectivity index (χ0n) is 14.3. The van der Waals surface area contributed by atoms with E-state index < -0.39 is 0 Å². The van der Waals surface area contributed by atoms with Crippen LogP contribution in [0.15, 0.2) is 18.5 Å². The molecule has 0 saturated carbocycles. The van der Waals surface area contributed by atoms with Crippen molar-refractivity contribution in [3.63, 3.8) is 0 Å². The summed E-state index contributed by atoms with van der Waals surface area (Å²) < 4.78 is 2.02. The van der Waals surface area contributed by atoms with Gasteiger partial charge in [-0.3, -0.25) is 4.68 Å². The van der Waals surface area contributed by atoms with Crippen molar-refractivity contribution >= 4 is 16.9 Å². The van der Waals surface area contributed by atoms with E-state index in [2.05, 4.69) is 58.3 Å². The van der Waals surface area contributed by atoms with Gasteiger partial charge < -0.3 is 5.32 Å². The molecule has 1 atom stereocenters. The van der Waals surface area contributed by atoms with E-state index in [9.17, 15) is 0 Å². The molecule has 0 spiro atoms. The normalized spacial score (nSPS) is 12.6. The van der Waals surface area contributed by atoms with Crippen LogP contribution in [-0.2, 0) is 6.54 Å². The van der Waals surface area contributed by atoms with E-state index in [4.69, 9.17) is 0 Å². The Balaban J connectivity index is 1.88. The molecule has 1 unspecified atom stereocenters. The van der Waals surface area contributed by atoms with Gasteiger partial charge in [-0.25, -0.2) is 15.0 Å². The number of fused-ring (bicyclic) bond motifs is 1. The van der Waals surface area contributed by atoms with Crippen molar-refractivity contribution in [1.82, 2.24) is 24.7 Å². The largest absolute Gasteiger partial charge is 0.365 e. The highest BCUT2D eigenvalue weighted by Gasteiger charge is 2.12. The van der Waals surface area contributed by atoms with Crippen LogP contribution in [0.25, 0.3) is 11.0 Å². The molecule has 3 aromatic rings. The van der Waals surface area contributed by atoms with E-state index in [0.717, 1.165) is 46.0 Å². The maximum absolute atomic E-state index is 4.51. The van der Waals surface area contributed by atoms with Crippen molar-refractivity contribution in [2.45, 2.75) is 47.2 Å². The highest BCUT2D eigenvalue weighted by Crippen LogP contribution is 2.23. The van der Waals surface area contributed by atoms with E-state index in [0.29, 0.717) is 0 Å². The Hall–Kier alpha value is -2.50. The van der Waals surface area contributed by atoms with Crippen LogP contribution >= 0.6 is 0 Å². The van der Waals surface area contributed by atoms with Crippen molar-refractivity contribution in [3.8, 4) is 0 Å². The number of anilines is 1. The molecule has 0 aliphatic rings. The second-order valence-electron chi connectivity index (χ2n) is 6.16. The molecule has 0 fully saturated rings. The van der Waals surface area contributed by atoms with Gasteiger partial charge in [-0.05, 0) is 52.3 Å². The summed E-state index contributed by atoms with van der Waals surface area (Å²) >= 11 is 0. The molecule has 6 nitrogen and oxygen atoms in total. The average Bonchev–Trinajstić information content (AvgIpc) is 2.76. The molecule has 3 rings (SSSR count). The number of rotatable bonds is 4. The number of aryl methyl sites for hydroxylation is 4. The van der Waals surface area contributed by atoms with Gasteiger partial charge in [-0.1, -0.05) is 0 Å². The van der Waals surface area contributed by atoms with Crippen LogP contribution in [0.3, 0.4) is 0 Å². The van der Waals surface area contributed by atoms with Crippen LogP contribution in [0, 0.1) is 27.7 Å². The summed E-state index contributed by atoms with van der Waals surface area (Å²) in [7, 11) is 0. The minimum atomic E-state index is 0.187. The van der Waals surface area contributed by atoms with E-state index in [-0.39, 0.29) is 6.04 Å². The Bertz CT molecular complexity index is 852. The second-order valence-corrected chi connectivity index (χ2v) is 6.16. The molecule has 120 valence electrons. The Labute approximate surface area is 136 Å². The molecule has 3 heterocycles. The highest BCUT2D eigenvalue weighted by molar-refractivity contribution is 5.89. The first-order chi connectivity index (χ1) is 10.9. The predicted octanol–water partition coefficient (Wildman–Crippen LogP) is 2.96.